The van der Waals surface area contributed by atoms with Crippen molar-refractivity contribution in [2.24, 2.45) is 5.41 Å². The summed E-state index contributed by atoms with van der Waals surface area (Å²) in [7, 11) is 0. The Bertz CT molecular complexity index is 368. The smallest absolute Gasteiger partial charge is 0.371 e. The van der Waals surface area contributed by atoms with Crippen LogP contribution in [0.25, 0.3) is 0 Å². The van der Waals surface area contributed by atoms with Crippen LogP contribution in [0, 0.1) is 5.41 Å². The third-order valence-electron chi connectivity index (χ3n) is 2.49. The minimum absolute atomic E-state index is 0.765. The van der Waals surface area contributed by atoms with Gasteiger partial charge in [-0.2, -0.15) is 39.5 Å². The van der Waals surface area contributed by atoms with E-state index in [4.69, 9.17) is 27.0 Å². The molecule has 4 nitrogen and oxygen atoms in total. The first kappa shape index (κ1) is 27.2. The Morgan fingerprint density at radius 3 is 1.04 bits per heavy atom. The maximum Gasteiger partial charge on any atom is 0.411 e. The van der Waals surface area contributed by atoms with Gasteiger partial charge in [0.2, 0.25) is 6.85 Å². The monoisotopic (exact) mass is 482 g/mol. The molecule has 164 valence electrons. The van der Waals surface area contributed by atoms with E-state index < -0.39 is 77.0 Å². The summed E-state index contributed by atoms with van der Waals surface area (Å²) in [5.74, 6) is 0. The van der Waals surface area contributed by atoms with Crippen LogP contribution in [0.4, 0.5) is 39.5 Å². The first-order chi connectivity index (χ1) is 12.0. The van der Waals surface area contributed by atoms with Gasteiger partial charge >= 0.3 is 18.5 Å². The van der Waals surface area contributed by atoms with Gasteiger partial charge in [-0.3, -0.25) is 0 Å². The highest BCUT2D eigenvalue weighted by molar-refractivity contribution is 8.00. The maximum absolute atomic E-state index is 12.2. The molecular weight excluding hydrogens is 469 g/mol. The second-order valence-corrected chi connectivity index (χ2v) is 8.32. The lowest BCUT2D eigenvalue weighted by atomic mass is 9.92. The van der Waals surface area contributed by atoms with Crippen molar-refractivity contribution in [3.05, 3.63) is 0 Å². The van der Waals surface area contributed by atoms with Crippen LogP contribution in [0.15, 0.2) is 0 Å². The van der Waals surface area contributed by atoms with Crippen molar-refractivity contribution >= 4 is 29.3 Å². The number of alkyl halides is 9. The topological polar surface area (TPSA) is 36.9 Å². The van der Waals surface area contributed by atoms with E-state index in [-0.39, 0.29) is 0 Å². The van der Waals surface area contributed by atoms with E-state index in [2.05, 4.69) is 14.2 Å². The van der Waals surface area contributed by atoms with E-state index in [1.165, 1.54) is 0 Å². The highest BCUT2D eigenvalue weighted by Gasteiger charge is 2.39. The van der Waals surface area contributed by atoms with Crippen LogP contribution < -0.4 is 0 Å². The molecule has 0 unspecified atom stereocenters. The summed E-state index contributed by atoms with van der Waals surface area (Å²) in [6, 6.07) is 0. The fourth-order valence-corrected chi connectivity index (χ4v) is 2.25. The third kappa shape index (κ3) is 16.8. The lowest BCUT2D eigenvalue weighted by Gasteiger charge is -2.33. The van der Waals surface area contributed by atoms with Crippen molar-refractivity contribution in [2.45, 2.75) is 18.5 Å². The molecule has 0 rings (SSSR count). The molecule has 0 heterocycles. The predicted octanol–water partition coefficient (Wildman–Crippen LogP) is 5.43. The Hall–Kier alpha value is 0.220. The third-order valence-corrected chi connectivity index (χ3v) is 3.40. The van der Waals surface area contributed by atoms with Crippen molar-refractivity contribution in [1.29, 1.82) is 0 Å². The molecule has 0 spiro atoms. The van der Waals surface area contributed by atoms with Crippen molar-refractivity contribution < 1.29 is 58.2 Å². The fourth-order valence-electron chi connectivity index (χ4n) is 1.59. The number of rotatable bonds is 12. The summed E-state index contributed by atoms with van der Waals surface area (Å²) in [5, 5.41) is 0. The molecule has 0 aliphatic carbocycles. The molecule has 0 bridgehead atoms. The zero-order valence-electron chi connectivity index (χ0n) is 13.2. The van der Waals surface area contributed by atoms with Crippen LogP contribution >= 0.6 is 29.3 Å². The Kier molecular flexibility index (Phi) is 11.5. The Labute approximate surface area is 158 Å². The SMILES string of the molecule is FC(F)(F)COCC(COCC(F)(F)F)(COCC(F)(F)F)COP(Cl)Cl. The molecule has 0 aromatic rings. The molecular formula is C11H14Cl2F9O4P. The normalized spacial score (nSPS) is 14.2. The zero-order chi connectivity index (χ0) is 21.4. The average molecular weight is 483 g/mol. The first-order valence-corrected chi connectivity index (χ1v) is 9.79. The quantitative estimate of drug-likeness (QED) is 0.274. The van der Waals surface area contributed by atoms with Gasteiger partial charge in [-0.05, 0) is 22.5 Å². The molecule has 0 fully saturated rings. The van der Waals surface area contributed by atoms with Crippen LogP contribution in [0.5, 0.6) is 0 Å². The Morgan fingerprint density at radius 1 is 0.519 bits per heavy atom. The van der Waals surface area contributed by atoms with Crippen LogP contribution in [-0.2, 0) is 18.7 Å². The van der Waals surface area contributed by atoms with Gasteiger partial charge in [0.15, 0.2) is 0 Å². The van der Waals surface area contributed by atoms with E-state index in [9.17, 15) is 39.5 Å². The summed E-state index contributed by atoms with van der Waals surface area (Å²) < 4.78 is 128. The summed E-state index contributed by atoms with van der Waals surface area (Å²) in [4.78, 5) is 0. The molecule has 0 atom stereocenters. The average Bonchev–Trinajstić information content (AvgIpc) is 2.40. The second kappa shape index (κ2) is 11.4. The van der Waals surface area contributed by atoms with Crippen LogP contribution in [-0.4, -0.2) is 64.8 Å². The molecule has 0 saturated heterocycles. The molecule has 0 radical (unpaired) electrons. The van der Waals surface area contributed by atoms with Gasteiger partial charge in [-0.15, -0.1) is 0 Å². The number of ether oxygens (including phenoxy) is 3. The van der Waals surface area contributed by atoms with Crippen molar-refractivity contribution in [3.8, 4) is 0 Å². The number of halogens is 11. The standard InChI is InChI=1S/C11H14Cl2F9O4P/c12-27(13)26-4-8(1-23-5-9(14,15)16,2-24-6-10(17,18)19)3-25-7-11(20,21)22/h1-7H2. The number of hydrogen-bond donors (Lipinski definition) is 0. The van der Waals surface area contributed by atoms with Crippen LogP contribution in [0.3, 0.4) is 0 Å². The zero-order valence-corrected chi connectivity index (χ0v) is 15.6. The summed E-state index contributed by atoms with van der Waals surface area (Å²) in [6.45, 7) is -11.3. The summed E-state index contributed by atoms with van der Waals surface area (Å²) in [6.07, 6.45) is -14.3. The molecule has 0 N–H and O–H groups in total. The van der Waals surface area contributed by atoms with Gasteiger partial charge in [-0.25, -0.2) is 0 Å². The van der Waals surface area contributed by atoms with Gasteiger partial charge in [0.05, 0.1) is 31.8 Å². The Morgan fingerprint density at radius 2 is 0.815 bits per heavy atom. The van der Waals surface area contributed by atoms with Gasteiger partial charge in [0.1, 0.15) is 19.8 Å². The highest BCUT2D eigenvalue weighted by Crippen LogP contribution is 2.49. The van der Waals surface area contributed by atoms with Crippen LogP contribution in [0.2, 0.25) is 0 Å². The minimum Gasteiger partial charge on any atom is -0.371 e. The molecule has 16 heteroatoms. The van der Waals surface area contributed by atoms with Crippen molar-refractivity contribution in [2.75, 3.05) is 46.2 Å². The highest BCUT2D eigenvalue weighted by atomic mass is 35.9. The van der Waals surface area contributed by atoms with E-state index in [0.717, 1.165) is 0 Å². The van der Waals surface area contributed by atoms with E-state index in [1.54, 1.807) is 0 Å². The molecule has 0 amide bonds. The number of hydrogen-bond acceptors (Lipinski definition) is 4. The predicted molar refractivity (Wildman–Crippen MR) is 77.6 cm³/mol. The van der Waals surface area contributed by atoms with Gasteiger partial charge < -0.3 is 18.7 Å². The van der Waals surface area contributed by atoms with Gasteiger partial charge in [-0.1, -0.05) is 0 Å². The Balaban J connectivity index is 5.13. The lowest BCUT2D eigenvalue weighted by molar-refractivity contribution is -0.213. The molecule has 0 aliphatic heterocycles. The maximum atomic E-state index is 12.2. The summed E-state index contributed by atoms with van der Waals surface area (Å²) in [5.41, 5.74) is -1.95. The summed E-state index contributed by atoms with van der Waals surface area (Å²) >= 11 is 10.7. The molecule has 0 aromatic heterocycles. The lowest BCUT2D eigenvalue weighted by Crippen LogP contribution is -2.43. The van der Waals surface area contributed by atoms with Crippen LogP contribution in [0.1, 0.15) is 0 Å². The molecule has 27 heavy (non-hydrogen) atoms. The van der Waals surface area contributed by atoms with Gasteiger partial charge in [0.25, 0.3) is 0 Å². The molecule has 0 aromatic carbocycles. The van der Waals surface area contributed by atoms with E-state index in [1.807, 2.05) is 0 Å². The van der Waals surface area contributed by atoms with Crippen molar-refractivity contribution in [1.82, 2.24) is 0 Å². The van der Waals surface area contributed by atoms with E-state index in [0.29, 0.717) is 0 Å². The minimum atomic E-state index is -4.78. The molecule has 0 saturated carbocycles. The molecule has 0 aliphatic rings. The van der Waals surface area contributed by atoms with Gasteiger partial charge in [0, 0.05) is 0 Å². The van der Waals surface area contributed by atoms with Crippen molar-refractivity contribution in [3.63, 3.8) is 0 Å². The first-order valence-electron chi connectivity index (χ1n) is 6.72. The second-order valence-electron chi connectivity index (χ2n) is 5.30. The van der Waals surface area contributed by atoms with E-state index >= 15 is 0 Å². The largest absolute Gasteiger partial charge is 0.411 e. The fraction of sp³-hybridized carbons (Fsp3) is 1.00.